The average molecular weight is 386 g/mol. The van der Waals surface area contributed by atoms with Gasteiger partial charge in [-0.15, -0.1) is 0 Å². The molecule has 6 N–H and O–H groups in total. The summed E-state index contributed by atoms with van der Waals surface area (Å²) < 4.78 is 9.38. The summed E-state index contributed by atoms with van der Waals surface area (Å²) in [5, 5.41) is 55.4. The highest BCUT2D eigenvalue weighted by atomic mass is 16.6. The first-order chi connectivity index (χ1) is 12.6. The lowest BCUT2D eigenvalue weighted by Crippen LogP contribution is -2.51. The third kappa shape index (κ3) is 5.95. The Hall–Kier alpha value is -3.15. The lowest BCUT2D eigenvalue weighted by Gasteiger charge is -2.24. The number of benzene rings is 1. The van der Waals surface area contributed by atoms with Crippen LogP contribution < -0.4 is 4.74 Å². The van der Waals surface area contributed by atoms with Crippen LogP contribution in [0, 0.1) is 0 Å². The maximum absolute atomic E-state index is 11.8. The molecule has 0 spiro atoms. The van der Waals surface area contributed by atoms with Crippen molar-refractivity contribution in [2.24, 2.45) is 0 Å². The molecule has 11 heteroatoms. The van der Waals surface area contributed by atoms with E-state index in [-0.39, 0.29) is 11.5 Å². The van der Waals surface area contributed by atoms with Crippen molar-refractivity contribution < 1.29 is 54.5 Å². The Bertz CT molecular complexity index is 727. The Morgan fingerprint density at radius 2 is 1.67 bits per heavy atom. The Balaban J connectivity index is 2.87. The molecule has 0 aliphatic carbocycles. The van der Waals surface area contributed by atoms with Crippen LogP contribution in [0.3, 0.4) is 0 Å². The Labute approximate surface area is 152 Å². The number of esters is 1. The van der Waals surface area contributed by atoms with Crippen molar-refractivity contribution in [3.8, 4) is 11.5 Å². The number of carboxylic acid groups (broad SMARTS) is 2. The van der Waals surface area contributed by atoms with E-state index < -0.39 is 42.3 Å². The van der Waals surface area contributed by atoms with E-state index in [4.69, 9.17) is 20.1 Å². The molecule has 0 radical (unpaired) electrons. The summed E-state index contributed by atoms with van der Waals surface area (Å²) in [6.07, 6.45) is -7.64. The Morgan fingerprint density at radius 3 is 2.19 bits per heavy atom. The minimum Gasteiger partial charge on any atom is -0.504 e. The molecule has 0 saturated heterocycles. The molecule has 1 aromatic carbocycles. The summed E-state index contributed by atoms with van der Waals surface area (Å²) in [5.74, 6) is -5.02. The fourth-order valence-corrected chi connectivity index (χ4v) is 1.90. The molecule has 0 saturated carbocycles. The predicted molar refractivity (Wildman–Crippen MR) is 86.9 cm³/mol. The lowest BCUT2D eigenvalue weighted by atomic mass is 10.0. The van der Waals surface area contributed by atoms with Crippen LogP contribution >= 0.6 is 0 Å². The molecule has 0 aliphatic heterocycles. The van der Waals surface area contributed by atoms with Crippen molar-refractivity contribution in [2.75, 3.05) is 7.11 Å². The zero-order chi connectivity index (χ0) is 20.7. The summed E-state index contributed by atoms with van der Waals surface area (Å²) in [6.45, 7) is 0. The third-order valence-corrected chi connectivity index (χ3v) is 3.34. The van der Waals surface area contributed by atoms with Gasteiger partial charge in [0.1, 0.15) is 12.2 Å². The highest BCUT2D eigenvalue weighted by molar-refractivity contribution is 5.89. The third-order valence-electron chi connectivity index (χ3n) is 3.34. The number of ether oxygens (including phenoxy) is 2. The summed E-state index contributed by atoms with van der Waals surface area (Å²) in [7, 11) is 1.31. The zero-order valence-electron chi connectivity index (χ0n) is 13.9. The van der Waals surface area contributed by atoms with Crippen LogP contribution in [0.25, 0.3) is 6.08 Å². The molecule has 11 nitrogen and oxygen atoms in total. The molecule has 27 heavy (non-hydrogen) atoms. The van der Waals surface area contributed by atoms with Gasteiger partial charge in [0.2, 0.25) is 6.10 Å². The lowest BCUT2D eigenvalue weighted by molar-refractivity contribution is -0.182. The number of carbonyl (C=O) groups is 3. The first kappa shape index (κ1) is 21.9. The van der Waals surface area contributed by atoms with Gasteiger partial charge in [0.15, 0.2) is 17.6 Å². The molecule has 0 aromatic heterocycles. The largest absolute Gasteiger partial charge is 0.504 e. The molecule has 0 aliphatic rings. The number of phenolic OH excluding ortho intramolecular Hbond substituents is 1. The summed E-state index contributed by atoms with van der Waals surface area (Å²) in [4.78, 5) is 33.5. The van der Waals surface area contributed by atoms with E-state index in [9.17, 15) is 29.7 Å². The van der Waals surface area contributed by atoms with E-state index in [2.05, 4.69) is 4.74 Å². The van der Waals surface area contributed by atoms with E-state index >= 15 is 0 Å². The number of hydrogen-bond acceptors (Lipinski definition) is 9. The van der Waals surface area contributed by atoms with Crippen molar-refractivity contribution in [3.05, 3.63) is 29.8 Å². The highest BCUT2D eigenvalue weighted by Crippen LogP contribution is 2.26. The number of rotatable bonds is 9. The van der Waals surface area contributed by atoms with Gasteiger partial charge in [0.25, 0.3) is 0 Å². The number of aliphatic carboxylic acids is 2. The quantitative estimate of drug-likeness (QED) is 0.215. The number of methoxy groups -OCH3 is 1. The maximum Gasteiger partial charge on any atom is 0.347 e. The molecule has 4 atom stereocenters. The zero-order valence-corrected chi connectivity index (χ0v) is 13.9. The summed E-state index contributed by atoms with van der Waals surface area (Å²) in [6, 6.07) is 4.07. The average Bonchev–Trinajstić information content (AvgIpc) is 2.63. The van der Waals surface area contributed by atoms with Gasteiger partial charge in [-0.3, -0.25) is 0 Å². The van der Waals surface area contributed by atoms with Crippen molar-refractivity contribution in [1.29, 1.82) is 0 Å². The van der Waals surface area contributed by atoms with Crippen LogP contribution in [-0.4, -0.2) is 80.1 Å². The van der Waals surface area contributed by atoms with Crippen molar-refractivity contribution in [3.63, 3.8) is 0 Å². The number of phenols is 1. The Kier molecular flexibility index (Phi) is 7.72. The number of aliphatic hydroxyl groups is 3. The molecule has 0 amide bonds. The number of carboxylic acids is 2. The minimum absolute atomic E-state index is 0.120. The van der Waals surface area contributed by atoms with Gasteiger partial charge in [-0.25, -0.2) is 14.4 Å². The standard InChI is InChI=1S/C16H18O11/c1-26-9-6-7(2-4-8(9)17)3-5-10(18)27-14(16(24)25)12(20)11(19)13(21)15(22)23/h2-6,11-14,17,19-21H,1H3,(H,22,23)(H,24,25)/b5-3+/t11-,12+,13+,14-/m1/s1. The van der Waals surface area contributed by atoms with Crippen LogP contribution in [0.5, 0.6) is 11.5 Å². The van der Waals surface area contributed by atoms with Crippen LogP contribution in [0.1, 0.15) is 5.56 Å². The predicted octanol–water partition coefficient (Wildman–Crippen LogP) is -1.42. The van der Waals surface area contributed by atoms with Crippen molar-refractivity contribution >= 4 is 24.0 Å². The van der Waals surface area contributed by atoms with Crippen LogP contribution in [0.4, 0.5) is 0 Å². The van der Waals surface area contributed by atoms with E-state index in [0.717, 1.165) is 6.08 Å². The van der Waals surface area contributed by atoms with Gasteiger partial charge in [-0.2, -0.15) is 0 Å². The molecule has 1 rings (SSSR count). The van der Waals surface area contributed by atoms with Gasteiger partial charge in [0.05, 0.1) is 7.11 Å². The smallest absolute Gasteiger partial charge is 0.347 e. The molecular weight excluding hydrogens is 368 g/mol. The van der Waals surface area contributed by atoms with Gasteiger partial charge in [0, 0.05) is 6.08 Å². The number of aliphatic hydroxyl groups excluding tert-OH is 3. The molecule has 148 valence electrons. The summed E-state index contributed by atoms with van der Waals surface area (Å²) >= 11 is 0. The van der Waals surface area contributed by atoms with Crippen molar-refractivity contribution in [1.82, 2.24) is 0 Å². The summed E-state index contributed by atoms with van der Waals surface area (Å²) in [5.41, 5.74) is 0.385. The van der Waals surface area contributed by atoms with Crippen molar-refractivity contribution in [2.45, 2.75) is 24.4 Å². The highest BCUT2D eigenvalue weighted by Gasteiger charge is 2.40. The SMILES string of the molecule is COc1cc(/C=C/C(=O)O[C@@H](C(=O)O)[C@@H](O)[C@@H](O)[C@H](O)C(=O)O)ccc1O. The number of carbonyl (C=O) groups excluding carboxylic acids is 1. The topological polar surface area (TPSA) is 191 Å². The molecule has 0 heterocycles. The Morgan fingerprint density at radius 1 is 1.04 bits per heavy atom. The second kappa shape index (κ2) is 9.52. The first-order valence-electron chi connectivity index (χ1n) is 7.34. The second-order valence-electron chi connectivity index (χ2n) is 5.22. The minimum atomic E-state index is -2.49. The van der Waals surface area contributed by atoms with Gasteiger partial charge < -0.3 is 40.1 Å². The van der Waals surface area contributed by atoms with Gasteiger partial charge in [-0.1, -0.05) is 6.07 Å². The van der Waals surface area contributed by atoms with E-state index in [1.807, 2.05) is 0 Å². The van der Waals surface area contributed by atoms with Gasteiger partial charge >= 0.3 is 17.9 Å². The number of hydrogen-bond donors (Lipinski definition) is 6. The van der Waals surface area contributed by atoms with Crippen LogP contribution in [0.15, 0.2) is 24.3 Å². The maximum atomic E-state index is 11.8. The normalized spacial score (nSPS) is 15.6. The van der Waals surface area contributed by atoms with E-state index in [0.29, 0.717) is 5.56 Å². The molecule has 0 bridgehead atoms. The first-order valence-corrected chi connectivity index (χ1v) is 7.34. The van der Waals surface area contributed by atoms with E-state index in [1.165, 1.54) is 31.4 Å². The molecule has 1 aromatic rings. The molecular formula is C16H18O11. The van der Waals surface area contributed by atoms with Crippen LogP contribution in [0.2, 0.25) is 0 Å². The second-order valence-corrected chi connectivity index (χ2v) is 5.22. The van der Waals surface area contributed by atoms with Crippen LogP contribution in [-0.2, 0) is 19.1 Å². The number of aromatic hydroxyl groups is 1. The molecule has 0 fully saturated rings. The van der Waals surface area contributed by atoms with E-state index in [1.54, 1.807) is 0 Å². The fraction of sp³-hybridized carbons (Fsp3) is 0.312. The monoisotopic (exact) mass is 386 g/mol. The molecule has 0 unspecified atom stereocenters. The van der Waals surface area contributed by atoms with Gasteiger partial charge in [-0.05, 0) is 23.8 Å². The fourth-order valence-electron chi connectivity index (χ4n) is 1.90.